The van der Waals surface area contributed by atoms with Gasteiger partial charge in [0.15, 0.2) is 0 Å². The summed E-state index contributed by atoms with van der Waals surface area (Å²) in [6, 6.07) is 15.3. The molecule has 1 aromatic heterocycles. The first-order valence-electron chi connectivity index (χ1n) is 8.33. The average molecular weight is 347 g/mol. The van der Waals surface area contributed by atoms with Crippen LogP contribution in [0.3, 0.4) is 0 Å². The summed E-state index contributed by atoms with van der Waals surface area (Å²) in [6.45, 7) is 4.01. The molecule has 2 aromatic carbocycles. The van der Waals surface area contributed by atoms with Crippen LogP contribution in [0.4, 0.5) is 0 Å². The van der Waals surface area contributed by atoms with E-state index in [1.807, 2.05) is 62.4 Å². The molecule has 3 rings (SSSR count). The van der Waals surface area contributed by atoms with Crippen LogP contribution in [0, 0.1) is 13.8 Å². The average Bonchev–Trinajstić information content (AvgIpc) is 2.67. The molecule has 0 aliphatic heterocycles. The van der Waals surface area contributed by atoms with Gasteiger partial charge < -0.3 is 9.47 Å². The quantitative estimate of drug-likeness (QED) is 0.618. The van der Waals surface area contributed by atoms with Gasteiger partial charge in [-0.3, -0.25) is 4.79 Å². The summed E-state index contributed by atoms with van der Waals surface area (Å²) in [5.41, 5.74) is 6.15. The van der Waals surface area contributed by atoms with E-state index in [2.05, 4.69) is 0 Å². The van der Waals surface area contributed by atoms with Gasteiger partial charge in [-0.25, -0.2) is 4.98 Å². The molecule has 4 heteroatoms. The van der Waals surface area contributed by atoms with Crippen molar-refractivity contribution < 1.29 is 14.3 Å². The maximum atomic E-state index is 11.5. The first-order chi connectivity index (χ1) is 12.5. The molecule has 0 aliphatic rings. The van der Waals surface area contributed by atoms with E-state index in [0.29, 0.717) is 5.56 Å². The Morgan fingerprint density at radius 3 is 1.58 bits per heavy atom. The third-order valence-corrected chi connectivity index (χ3v) is 4.40. The first-order valence-corrected chi connectivity index (χ1v) is 8.33. The minimum Gasteiger partial charge on any atom is -0.497 e. The highest BCUT2D eigenvalue weighted by atomic mass is 16.5. The van der Waals surface area contributed by atoms with Crippen LogP contribution >= 0.6 is 0 Å². The summed E-state index contributed by atoms with van der Waals surface area (Å²) >= 11 is 0. The van der Waals surface area contributed by atoms with Crippen molar-refractivity contribution in [2.75, 3.05) is 14.2 Å². The monoisotopic (exact) mass is 347 g/mol. The SMILES string of the molecule is COc1ccc(-c2cc(C=O)cc(-c3ccc(OC)cc3C)n2)c(C)c1. The summed E-state index contributed by atoms with van der Waals surface area (Å²) in [5, 5.41) is 0. The van der Waals surface area contributed by atoms with Crippen molar-refractivity contribution >= 4 is 6.29 Å². The predicted octanol–water partition coefficient (Wildman–Crippen LogP) is 4.86. The van der Waals surface area contributed by atoms with E-state index >= 15 is 0 Å². The van der Waals surface area contributed by atoms with E-state index in [-0.39, 0.29) is 0 Å². The molecule has 0 unspecified atom stereocenters. The van der Waals surface area contributed by atoms with Crippen molar-refractivity contribution in [2.45, 2.75) is 13.8 Å². The Bertz CT molecular complexity index is 892. The van der Waals surface area contributed by atoms with Crippen LogP contribution < -0.4 is 9.47 Å². The smallest absolute Gasteiger partial charge is 0.150 e. The van der Waals surface area contributed by atoms with Gasteiger partial charge in [0.2, 0.25) is 0 Å². The predicted molar refractivity (Wildman–Crippen MR) is 103 cm³/mol. The van der Waals surface area contributed by atoms with Crippen LogP contribution in [-0.4, -0.2) is 25.5 Å². The summed E-state index contributed by atoms with van der Waals surface area (Å²) in [6.07, 6.45) is 0.854. The van der Waals surface area contributed by atoms with Gasteiger partial charge >= 0.3 is 0 Å². The van der Waals surface area contributed by atoms with Gasteiger partial charge in [0, 0.05) is 16.7 Å². The lowest BCUT2D eigenvalue weighted by molar-refractivity contribution is 0.112. The molecule has 0 saturated carbocycles. The summed E-state index contributed by atoms with van der Waals surface area (Å²) in [5.74, 6) is 1.59. The van der Waals surface area contributed by atoms with E-state index in [1.165, 1.54) is 0 Å². The van der Waals surface area contributed by atoms with E-state index in [4.69, 9.17) is 14.5 Å². The number of hydrogen-bond acceptors (Lipinski definition) is 4. The largest absolute Gasteiger partial charge is 0.497 e. The van der Waals surface area contributed by atoms with Crippen LogP contribution in [0.1, 0.15) is 21.5 Å². The molecule has 0 atom stereocenters. The second-order valence-corrected chi connectivity index (χ2v) is 6.15. The minimum absolute atomic E-state index is 0.593. The molecular formula is C22H21NO3. The molecule has 0 spiro atoms. The minimum atomic E-state index is 0.593. The lowest BCUT2D eigenvalue weighted by Gasteiger charge is -2.12. The van der Waals surface area contributed by atoms with Gasteiger partial charge in [-0.15, -0.1) is 0 Å². The molecule has 0 bridgehead atoms. The lowest BCUT2D eigenvalue weighted by Crippen LogP contribution is -1.96. The molecule has 0 amide bonds. The van der Waals surface area contributed by atoms with Crippen molar-refractivity contribution in [1.82, 2.24) is 4.98 Å². The van der Waals surface area contributed by atoms with Crippen molar-refractivity contribution in [1.29, 1.82) is 0 Å². The lowest BCUT2D eigenvalue weighted by atomic mass is 10.00. The van der Waals surface area contributed by atoms with Gasteiger partial charge in [-0.1, -0.05) is 0 Å². The Balaban J connectivity index is 2.15. The van der Waals surface area contributed by atoms with E-state index < -0.39 is 0 Å². The zero-order valence-electron chi connectivity index (χ0n) is 15.4. The second-order valence-electron chi connectivity index (χ2n) is 6.15. The fourth-order valence-electron chi connectivity index (χ4n) is 3.00. The highest BCUT2D eigenvalue weighted by Crippen LogP contribution is 2.31. The number of aldehydes is 1. The second kappa shape index (κ2) is 7.40. The fraction of sp³-hybridized carbons (Fsp3) is 0.182. The zero-order valence-corrected chi connectivity index (χ0v) is 15.4. The zero-order chi connectivity index (χ0) is 18.7. The molecule has 4 nitrogen and oxygen atoms in total. The molecule has 0 fully saturated rings. The number of methoxy groups -OCH3 is 2. The van der Waals surface area contributed by atoms with Gasteiger partial charge in [0.05, 0.1) is 25.6 Å². The third-order valence-electron chi connectivity index (χ3n) is 4.40. The maximum Gasteiger partial charge on any atom is 0.150 e. The standard InChI is InChI=1S/C22H21NO3/c1-14-9-17(25-3)5-7-19(14)21-11-16(13-24)12-22(23-21)20-8-6-18(26-4)10-15(20)2/h5-13H,1-4H3. The van der Waals surface area contributed by atoms with Crippen LogP contribution in [0.2, 0.25) is 0 Å². The highest BCUT2D eigenvalue weighted by Gasteiger charge is 2.11. The fourth-order valence-corrected chi connectivity index (χ4v) is 3.00. The number of benzene rings is 2. The maximum absolute atomic E-state index is 11.5. The van der Waals surface area contributed by atoms with Gasteiger partial charge in [-0.2, -0.15) is 0 Å². The molecule has 1 heterocycles. The Labute approximate surface area is 153 Å². The Kier molecular flexibility index (Phi) is 5.03. The van der Waals surface area contributed by atoms with E-state index in [9.17, 15) is 4.79 Å². The number of carbonyl (C=O) groups is 1. The number of pyridine rings is 1. The van der Waals surface area contributed by atoms with Crippen molar-refractivity contribution in [3.05, 3.63) is 65.2 Å². The number of rotatable bonds is 5. The Hall–Kier alpha value is -3.14. The number of ether oxygens (including phenoxy) is 2. The summed E-state index contributed by atoms with van der Waals surface area (Å²) in [4.78, 5) is 16.3. The number of carbonyl (C=O) groups excluding carboxylic acids is 1. The van der Waals surface area contributed by atoms with Crippen LogP contribution in [0.15, 0.2) is 48.5 Å². The Morgan fingerprint density at radius 2 is 1.23 bits per heavy atom. The van der Waals surface area contributed by atoms with Gasteiger partial charge in [0.25, 0.3) is 0 Å². The molecule has 0 radical (unpaired) electrons. The molecule has 0 N–H and O–H groups in total. The number of nitrogens with zero attached hydrogens (tertiary/aromatic N) is 1. The number of hydrogen-bond donors (Lipinski definition) is 0. The topological polar surface area (TPSA) is 48.4 Å². The van der Waals surface area contributed by atoms with E-state index in [1.54, 1.807) is 14.2 Å². The Morgan fingerprint density at radius 1 is 0.769 bits per heavy atom. The van der Waals surface area contributed by atoms with Crippen LogP contribution in [0.5, 0.6) is 11.5 Å². The van der Waals surface area contributed by atoms with Crippen molar-refractivity contribution in [2.24, 2.45) is 0 Å². The molecular weight excluding hydrogens is 326 g/mol. The molecule has 132 valence electrons. The highest BCUT2D eigenvalue weighted by molar-refractivity contribution is 5.82. The number of aromatic nitrogens is 1. The first kappa shape index (κ1) is 17.7. The molecule has 0 saturated heterocycles. The van der Waals surface area contributed by atoms with Crippen LogP contribution in [-0.2, 0) is 0 Å². The normalized spacial score (nSPS) is 10.5. The van der Waals surface area contributed by atoms with Gasteiger partial charge in [0.1, 0.15) is 17.8 Å². The van der Waals surface area contributed by atoms with E-state index in [0.717, 1.165) is 51.4 Å². The van der Waals surface area contributed by atoms with Crippen molar-refractivity contribution in [3.8, 4) is 34.0 Å². The van der Waals surface area contributed by atoms with Crippen LogP contribution in [0.25, 0.3) is 22.5 Å². The summed E-state index contributed by atoms with van der Waals surface area (Å²) in [7, 11) is 3.29. The molecule has 0 aliphatic carbocycles. The molecule has 3 aromatic rings. The van der Waals surface area contributed by atoms with Gasteiger partial charge in [-0.05, 0) is 73.5 Å². The number of aryl methyl sites for hydroxylation is 2. The summed E-state index contributed by atoms with van der Waals surface area (Å²) < 4.78 is 10.5. The molecule has 26 heavy (non-hydrogen) atoms. The van der Waals surface area contributed by atoms with Crippen molar-refractivity contribution in [3.63, 3.8) is 0 Å². The third kappa shape index (κ3) is 3.45.